The first-order valence-electron chi connectivity index (χ1n) is 3.39. The van der Waals surface area contributed by atoms with Gasteiger partial charge in [-0.3, -0.25) is 0 Å². The molecule has 0 saturated heterocycles. The van der Waals surface area contributed by atoms with Gasteiger partial charge in [0.15, 0.2) is 0 Å². The van der Waals surface area contributed by atoms with E-state index in [1.165, 1.54) is 11.1 Å². The van der Waals surface area contributed by atoms with E-state index in [1.54, 1.807) is 0 Å². The second-order valence-corrected chi connectivity index (χ2v) is 2.77. The van der Waals surface area contributed by atoms with Crippen LogP contribution in [0.5, 0.6) is 0 Å². The molecule has 0 amide bonds. The minimum absolute atomic E-state index is 1.15. The molecular formula is C9H13N. The lowest BCUT2D eigenvalue weighted by atomic mass is 10.0. The molecule has 0 aromatic rings. The summed E-state index contributed by atoms with van der Waals surface area (Å²) in [5.41, 5.74) is 3.66. The Morgan fingerprint density at radius 2 is 1.60 bits per heavy atom. The molecule has 0 bridgehead atoms. The van der Waals surface area contributed by atoms with Gasteiger partial charge in [-0.25, -0.2) is 0 Å². The lowest BCUT2D eigenvalue weighted by Crippen LogP contribution is -2.08. The van der Waals surface area contributed by atoms with Crippen molar-refractivity contribution in [3.63, 3.8) is 0 Å². The van der Waals surface area contributed by atoms with E-state index in [-0.39, 0.29) is 0 Å². The number of allylic oxidation sites excluding steroid dienone is 3. The van der Waals surface area contributed by atoms with Crippen molar-refractivity contribution in [3.8, 4) is 0 Å². The largest absolute Gasteiger partial charge is 0.357 e. The zero-order valence-corrected chi connectivity index (χ0v) is 6.81. The van der Waals surface area contributed by atoms with Crippen LogP contribution in [0.15, 0.2) is 35.7 Å². The molecule has 0 spiro atoms. The summed E-state index contributed by atoms with van der Waals surface area (Å²) in [7, 11) is 2.03. The molecule has 0 aromatic heterocycles. The van der Waals surface area contributed by atoms with Crippen LogP contribution in [0.25, 0.3) is 0 Å². The van der Waals surface area contributed by atoms with Gasteiger partial charge < -0.3 is 4.90 Å². The van der Waals surface area contributed by atoms with Crippen LogP contribution in [0.4, 0.5) is 0 Å². The fourth-order valence-electron chi connectivity index (χ4n) is 1.12. The summed E-state index contributed by atoms with van der Waals surface area (Å²) in [5, 5.41) is 0. The highest BCUT2D eigenvalue weighted by molar-refractivity contribution is 5.44. The molecule has 0 atom stereocenters. The van der Waals surface area contributed by atoms with Gasteiger partial charge in [-0.05, 0) is 30.6 Å². The van der Waals surface area contributed by atoms with E-state index in [1.807, 2.05) is 7.05 Å². The Balaban J connectivity index is 2.94. The Labute approximate surface area is 62.3 Å². The molecule has 1 heterocycles. The molecule has 0 aromatic carbocycles. The second-order valence-electron chi connectivity index (χ2n) is 2.77. The molecule has 0 radical (unpaired) electrons. The Morgan fingerprint density at radius 3 is 2.00 bits per heavy atom. The van der Waals surface area contributed by atoms with Gasteiger partial charge in [0.25, 0.3) is 0 Å². The standard InChI is InChI=1S/C9H13N/c1-7-5-10(4)6-8(2)9(7)3/h5-6H,3H2,1-2,4H3. The van der Waals surface area contributed by atoms with Gasteiger partial charge in [-0.15, -0.1) is 0 Å². The summed E-state index contributed by atoms with van der Waals surface area (Å²) in [4.78, 5) is 2.05. The van der Waals surface area contributed by atoms with Gasteiger partial charge in [-0.2, -0.15) is 0 Å². The van der Waals surface area contributed by atoms with Gasteiger partial charge in [0, 0.05) is 19.4 Å². The highest BCUT2D eigenvalue weighted by Gasteiger charge is 2.05. The van der Waals surface area contributed by atoms with E-state index < -0.39 is 0 Å². The summed E-state index contributed by atoms with van der Waals surface area (Å²) in [6.07, 6.45) is 4.16. The normalized spacial score (nSPS) is 18.7. The third-order valence-corrected chi connectivity index (χ3v) is 1.75. The fourth-order valence-corrected chi connectivity index (χ4v) is 1.12. The van der Waals surface area contributed by atoms with E-state index >= 15 is 0 Å². The lowest BCUT2D eigenvalue weighted by Gasteiger charge is -2.19. The molecule has 54 valence electrons. The SMILES string of the molecule is C=C1C(C)=CN(C)C=C1C. The van der Waals surface area contributed by atoms with Gasteiger partial charge >= 0.3 is 0 Å². The van der Waals surface area contributed by atoms with Gasteiger partial charge in [0.1, 0.15) is 0 Å². The van der Waals surface area contributed by atoms with Crippen molar-refractivity contribution in [2.75, 3.05) is 7.05 Å². The number of hydrogen-bond acceptors (Lipinski definition) is 1. The van der Waals surface area contributed by atoms with Gasteiger partial charge in [0.2, 0.25) is 0 Å². The minimum Gasteiger partial charge on any atom is -0.357 e. The molecule has 10 heavy (non-hydrogen) atoms. The first-order valence-corrected chi connectivity index (χ1v) is 3.39. The smallest absolute Gasteiger partial charge is 0.0106 e. The Morgan fingerprint density at radius 1 is 1.20 bits per heavy atom. The zero-order valence-electron chi connectivity index (χ0n) is 6.81. The van der Waals surface area contributed by atoms with E-state index in [4.69, 9.17) is 0 Å². The molecular weight excluding hydrogens is 122 g/mol. The topological polar surface area (TPSA) is 3.24 Å². The lowest BCUT2D eigenvalue weighted by molar-refractivity contribution is 0.606. The average molecular weight is 135 g/mol. The number of hydrogen-bond donors (Lipinski definition) is 0. The summed E-state index contributed by atoms with van der Waals surface area (Å²) < 4.78 is 0. The number of rotatable bonds is 0. The Kier molecular flexibility index (Phi) is 1.66. The maximum absolute atomic E-state index is 3.95. The van der Waals surface area contributed by atoms with Crippen molar-refractivity contribution in [2.24, 2.45) is 0 Å². The van der Waals surface area contributed by atoms with Crippen molar-refractivity contribution in [1.29, 1.82) is 0 Å². The molecule has 1 rings (SSSR count). The first-order chi connectivity index (χ1) is 4.61. The fraction of sp³-hybridized carbons (Fsp3) is 0.333. The van der Waals surface area contributed by atoms with Crippen molar-refractivity contribution in [2.45, 2.75) is 13.8 Å². The first kappa shape index (κ1) is 7.13. The predicted octanol–water partition coefficient (Wildman–Crippen LogP) is 2.30. The average Bonchev–Trinajstić information content (AvgIpc) is 1.82. The van der Waals surface area contributed by atoms with E-state index in [9.17, 15) is 0 Å². The molecule has 0 fully saturated rings. The molecule has 0 saturated carbocycles. The minimum atomic E-state index is 1.15. The van der Waals surface area contributed by atoms with Crippen molar-refractivity contribution >= 4 is 0 Å². The third kappa shape index (κ3) is 1.13. The summed E-state index contributed by atoms with van der Waals surface area (Å²) in [6, 6.07) is 0. The van der Waals surface area contributed by atoms with Crippen LogP contribution in [0.1, 0.15) is 13.8 Å². The van der Waals surface area contributed by atoms with Gasteiger partial charge in [-0.1, -0.05) is 6.58 Å². The highest BCUT2D eigenvalue weighted by atomic mass is 15.1. The van der Waals surface area contributed by atoms with Crippen LogP contribution in [0.3, 0.4) is 0 Å². The molecule has 0 aliphatic carbocycles. The quantitative estimate of drug-likeness (QED) is 0.492. The van der Waals surface area contributed by atoms with Crippen LogP contribution in [0, 0.1) is 0 Å². The molecule has 1 nitrogen and oxygen atoms in total. The third-order valence-electron chi connectivity index (χ3n) is 1.75. The molecule has 1 aliphatic rings. The van der Waals surface area contributed by atoms with Crippen LogP contribution in [-0.2, 0) is 0 Å². The second kappa shape index (κ2) is 2.33. The van der Waals surface area contributed by atoms with Crippen LogP contribution in [-0.4, -0.2) is 11.9 Å². The van der Waals surface area contributed by atoms with E-state index in [0.29, 0.717) is 0 Å². The van der Waals surface area contributed by atoms with Gasteiger partial charge in [0.05, 0.1) is 0 Å². The van der Waals surface area contributed by atoms with Crippen LogP contribution < -0.4 is 0 Å². The Hall–Kier alpha value is -0.980. The summed E-state index contributed by atoms with van der Waals surface area (Å²) >= 11 is 0. The molecule has 0 unspecified atom stereocenters. The maximum Gasteiger partial charge on any atom is 0.0106 e. The summed E-state index contributed by atoms with van der Waals surface area (Å²) in [5.74, 6) is 0. The summed E-state index contributed by atoms with van der Waals surface area (Å²) in [6.45, 7) is 8.10. The van der Waals surface area contributed by atoms with Crippen molar-refractivity contribution < 1.29 is 0 Å². The molecule has 0 N–H and O–H groups in total. The van der Waals surface area contributed by atoms with Crippen molar-refractivity contribution in [1.82, 2.24) is 4.90 Å². The number of nitrogens with zero attached hydrogens (tertiary/aromatic N) is 1. The van der Waals surface area contributed by atoms with E-state index in [2.05, 4.69) is 37.7 Å². The van der Waals surface area contributed by atoms with Crippen LogP contribution >= 0.6 is 0 Å². The highest BCUT2D eigenvalue weighted by Crippen LogP contribution is 2.21. The predicted molar refractivity (Wildman–Crippen MR) is 44.4 cm³/mol. The van der Waals surface area contributed by atoms with Crippen LogP contribution in [0.2, 0.25) is 0 Å². The van der Waals surface area contributed by atoms with E-state index in [0.717, 1.165) is 5.57 Å². The molecule has 1 heteroatoms. The Bertz CT molecular complexity index is 199. The van der Waals surface area contributed by atoms with Crippen molar-refractivity contribution in [3.05, 3.63) is 35.7 Å². The monoisotopic (exact) mass is 135 g/mol. The molecule has 1 aliphatic heterocycles. The zero-order chi connectivity index (χ0) is 7.72. The maximum atomic E-state index is 3.95.